The highest BCUT2D eigenvalue weighted by atomic mass is 16.5. The lowest BCUT2D eigenvalue weighted by Gasteiger charge is -2.09. The third-order valence-electron chi connectivity index (χ3n) is 3.33. The summed E-state index contributed by atoms with van der Waals surface area (Å²) in [6.07, 6.45) is 0. The summed E-state index contributed by atoms with van der Waals surface area (Å²) in [6, 6.07) is 12.6. The Morgan fingerprint density at radius 1 is 1.22 bits per heavy atom. The fourth-order valence-electron chi connectivity index (χ4n) is 2.12. The van der Waals surface area contributed by atoms with E-state index in [2.05, 4.69) is 10.5 Å². The predicted octanol–water partition coefficient (Wildman–Crippen LogP) is 2.93. The maximum atomic E-state index is 11.8. The molecule has 0 saturated heterocycles. The first-order valence-corrected chi connectivity index (χ1v) is 7.29. The minimum atomic E-state index is -0.361. The van der Waals surface area contributed by atoms with Crippen LogP contribution in [0.25, 0.3) is 0 Å². The lowest BCUT2D eigenvalue weighted by molar-refractivity contribution is -0.123. The number of phenolic OH excluding ortho intramolecular Hbond substituents is 1. The van der Waals surface area contributed by atoms with Crippen LogP contribution in [0.2, 0.25) is 0 Å². The van der Waals surface area contributed by atoms with E-state index < -0.39 is 0 Å². The highest BCUT2D eigenvalue weighted by molar-refractivity contribution is 6.01. The van der Waals surface area contributed by atoms with Crippen molar-refractivity contribution in [3.63, 3.8) is 0 Å². The first-order chi connectivity index (χ1) is 11.0. The van der Waals surface area contributed by atoms with E-state index in [0.29, 0.717) is 17.0 Å². The molecule has 0 aliphatic heterocycles. The number of hydrogen-bond donors (Lipinski definition) is 2. The highest BCUT2D eigenvalue weighted by Gasteiger charge is 2.06. The summed E-state index contributed by atoms with van der Waals surface area (Å²) in [5.41, 5.74) is 5.63. The summed E-state index contributed by atoms with van der Waals surface area (Å²) in [5, 5.41) is 13.7. The number of nitrogens with zero attached hydrogens (tertiary/aromatic N) is 1. The summed E-state index contributed by atoms with van der Waals surface area (Å²) in [4.78, 5) is 11.8. The molecule has 2 aromatic rings. The van der Waals surface area contributed by atoms with Crippen LogP contribution in [0.5, 0.6) is 11.5 Å². The molecule has 0 spiro atoms. The average Bonchev–Trinajstić information content (AvgIpc) is 2.52. The minimum absolute atomic E-state index is 0.120. The number of rotatable bonds is 5. The van der Waals surface area contributed by atoms with Crippen molar-refractivity contribution in [2.24, 2.45) is 5.10 Å². The molecule has 2 aromatic carbocycles. The molecule has 0 radical (unpaired) electrons. The number of aryl methyl sites for hydroxylation is 2. The van der Waals surface area contributed by atoms with Gasteiger partial charge in [0.1, 0.15) is 11.5 Å². The molecule has 23 heavy (non-hydrogen) atoms. The van der Waals surface area contributed by atoms with Crippen molar-refractivity contribution in [1.29, 1.82) is 0 Å². The van der Waals surface area contributed by atoms with E-state index >= 15 is 0 Å². The van der Waals surface area contributed by atoms with E-state index in [1.165, 1.54) is 0 Å². The van der Waals surface area contributed by atoms with E-state index in [4.69, 9.17) is 4.74 Å². The number of para-hydroxylation sites is 1. The molecule has 0 aliphatic carbocycles. The molecule has 1 amide bonds. The Bertz CT molecular complexity index is 739. The third-order valence-corrected chi connectivity index (χ3v) is 3.33. The van der Waals surface area contributed by atoms with Crippen LogP contribution in [-0.4, -0.2) is 23.3 Å². The van der Waals surface area contributed by atoms with Crippen molar-refractivity contribution in [2.45, 2.75) is 20.8 Å². The lowest BCUT2D eigenvalue weighted by Crippen LogP contribution is -2.25. The molecule has 120 valence electrons. The number of aromatic hydroxyl groups is 1. The first-order valence-electron chi connectivity index (χ1n) is 7.29. The average molecular weight is 312 g/mol. The largest absolute Gasteiger partial charge is 0.507 e. The number of hydrogen-bond acceptors (Lipinski definition) is 4. The molecule has 2 rings (SSSR count). The van der Waals surface area contributed by atoms with Crippen molar-refractivity contribution in [1.82, 2.24) is 5.43 Å². The van der Waals surface area contributed by atoms with Gasteiger partial charge >= 0.3 is 0 Å². The number of amides is 1. The fourth-order valence-corrected chi connectivity index (χ4v) is 2.12. The van der Waals surface area contributed by atoms with Crippen LogP contribution in [0, 0.1) is 13.8 Å². The van der Waals surface area contributed by atoms with Gasteiger partial charge in [-0.2, -0.15) is 5.10 Å². The molecule has 0 atom stereocenters. The van der Waals surface area contributed by atoms with E-state index in [-0.39, 0.29) is 18.3 Å². The molecule has 0 saturated carbocycles. The van der Waals surface area contributed by atoms with Gasteiger partial charge in [0.15, 0.2) is 6.61 Å². The maximum Gasteiger partial charge on any atom is 0.277 e. The van der Waals surface area contributed by atoms with Gasteiger partial charge in [-0.05, 0) is 44.5 Å². The van der Waals surface area contributed by atoms with Gasteiger partial charge in [-0.1, -0.05) is 29.8 Å². The van der Waals surface area contributed by atoms with Crippen molar-refractivity contribution >= 4 is 11.6 Å². The number of ether oxygens (including phenoxy) is 1. The van der Waals surface area contributed by atoms with Crippen LogP contribution < -0.4 is 10.2 Å². The molecule has 5 nitrogen and oxygen atoms in total. The molecule has 0 aliphatic rings. The number of carbonyl (C=O) groups excluding carboxylic acids is 1. The molecule has 0 fully saturated rings. The van der Waals surface area contributed by atoms with Crippen LogP contribution in [0.15, 0.2) is 47.6 Å². The number of nitrogens with one attached hydrogen (secondary N) is 1. The first kappa shape index (κ1) is 16.5. The number of carbonyl (C=O) groups is 1. The van der Waals surface area contributed by atoms with Crippen molar-refractivity contribution < 1.29 is 14.6 Å². The summed E-state index contributed by atoms with van der Waals surface area (Å²) in [6.45, 7) is 5.52. The monoisotopic (exact) mass is 312 g/mol. The van der Waals surface area contributed by atoms with Crippen LogP contribution in [0.4, 0.5) is 0 Å². The van der Waals surface area contributed by atoms with Crippen LogP contribution in [-0.2, 0) is 4.79 Å². The Morgan fingerprint density at radius 2 is 1.96 bits per heavy atom. The predicted molar refractivity (Wildman–Crippen MR) is 89.9 cm³/mol. The van der Waals surface area contributed by atoms with Crippen LogP contribution in [0.1, 0.15) is 23.6 Å². The molecule has 0 unspecified atom stereocenters. The second kappa shape index (κ2) is 7.45. The molecule has 2 N–H and O–H groups in total. The van der Waals surface area contributed by atoms with Gasteiger partial charge in [-0.3, -0.25) is 4.79 Å². The van der Waals surface area contributed by atoms with E-state index in [1.54, 1.807) is 31.2 Å². The quantitative estimate of drug-likeness (QED) is 0.659. The zero-order chi connectivity index (χ0) is 16.8. The smallest absolute Gasteiger partial charge is 0.277 e. The number of benzene rings is 2. The normalized spacial score (nSPS) is 11.2. The molecule has 0 bridgehead atoms. The maximum absolute atomic E-state index is 11.8. The molecule has 0 aromatic heterocycles. The summed E-state index contributed by atoms with van der Waals surface area (Å²) in [5.74, 6) is 0.432. The van der Waals surface area contributed by atoms with Crippen molar-refractivity contribution in [3.05, 3.63) is 59.2 Å². The molecular weight excluding hydrogens is 292 g/mol. The Balaban J connectivity index is 1.92. The zero-order valence-corrected chi connectivity index (χ0v) is 13.5. The molecule has 0 heterocycles. The third kappa shape index (κ3) is 4.57. The van der Waals surface area contributed by atoms with E-state index in [1.807, 2.05) is 32.0 Å². The van der Waals surface area contributed by atoms with Gasteiger partial charge < -0.3 is 9.84 Å². The highest BCUT2D eigenvalue weighted by Crippen LogP contribution is 2.18. The second-order valence-corrected chi connectivity index (χ2v) is 5.31. The van der Waals surface area contributed by atoms with Crippen molar-refractivity contribution in [2.75, 3.05) is 6.61 Å². The SMILES string of the molecule is CC(=NNC(=O)COc1ccc(C)cc1C)c1ccccc1O. The van der Waals surface area contributed by atoms with E-state index in [9.17, 15) is 9.90 Å². The Morgan fingerprint density at radius 3 is 2.65 bits per heavy atom. The van der Waals surface area contributed by atoms with Gasteiger partial charge in [0.2, 0.25) is 0 Å². The van der Waals surface area contributed by atoms with Crippen LogP contribution >= 0.6 is 0 Å². The van der Waals surface area contributed by atoms with Crippen molar-refractivity contribution in [3.8, 4) is 11.5 Å². The van der Waals surface area contributed by atoms with Gasteiger partial charge in [-0.25, -0.2) is 5.43 Å². The number of hydrazone groups is 1. The Kier molecular flexibility index (Phi) is 5.36. The minimum Gasteiger partial charge on any atom is -0.507 e. The van der Waals surface area contributed by atoms with Gasteiger partial charge in [-0.15, -0.1) is 0 Å². The summed E-state index contributed by atoms with van der Waals surface area (Å²) >= 11 is 0. The lowest BCUT2D eigenvalue weighted by atomic mass is 10.1. The Hall–Kier alpha value is -2.82. The zero-order valence-electron chi connectivity index (χ0n) is 13.5. The fraction of sp³-hybridized carbons (Fsp3) is 0.222. The standard InChI is InChI=1S/C18H20N2O3/c1-12-8-9-17(13(2)10-12)23-11-18(22)20-19-14(3)15-6-4-5-7-16(15)21/h4-10,21H,11H2,1-3H3,(H,20,22). The Labute approximate surface area is 135 Å². The van der Waals surface area contributed by atoms with Crippen LogP contribution in [0.3, 0.4) is 0 Å². The molecule has 5 heteroatoms. The topological polar surface area (TPSA) is 70.9 Å². The van der Waals surface area contributed by atoms with Gasteiger partial charge in [0.05, 0.1) is 5.71 Å². The van der Waals surface area contributed by atoms with Gasteiger partial charge in [0.25, 0.3) is 5.91 Å². The second-order valence-electron chi connectivity index (χ2n) is 5.31. The molecular formula is C18H20N2O3. The summed E-state index contributed by atoms with van der Waals surface area (Å²) in [7, 11) is 0. The number of phenols is 1. The van der Waals surface area contributed by atoms with E-state index in [0.717, 1.165) is 11.1 Å². The summed E-state index contributed by atoms with van der Waals surface area (Å²) < 4.78 is 5.48. The van der Waals surface area contributed by atoms with Gasteiger partial charge in [0, 0.05) is 5.56 Å².